The van der Waals surface area contributed by atoms with Gasteiger partial charge in [-0.15, -0.1) is 0 Å². The molecule has 0 aliphatic heterocycles. The summed E-state index contributed by atoms with van der Waals surface area (Å²) in [6.07, 6.45) is 0. The molecule has 10 heavy (non-hydrogen) atoms. The SMILES string of the molecule is [CH2]c1ccc(C(N)=S)cc1. The number of benzene rings is 1. The predicted molar refractivity (Wildman–Crippen MR) is 46.8 cm³/mol. The Kier molecular flexibility index (Phi) is 2.02. The summed E-state index contributed by atoms with van der Waals surface area (Å²) < 4.78 is 0. The fourth-order valence-corrected chi connectivity index (χ4v) is 0.805. The molecule has 0 fully saturated rings. The summed E-state index contributed by atoms with van der Waals surface area (Å²) in [7, 11) is 0. The van der Waals surface area contributed by atoms with Crippen LogP contribution in [0.2, 0.25) is 0 Å². The Labute approximate surface area is 65.9 Å². The molecule has 0 bridgehead atoms. The van der Waals surface area contributed by atoms with Crippen LogP contribution in [0.1, 0.15) is 11.1 Å². The molecular formula is C8H8NS. The van der Waals surface area contributed by atoms with Gasteiger partial charge in [-0.05, 0) is 12.5 Å². The standard InChI is InChI=1S/C8H8NS/c1-6-2-4-7(5-3-6)8(9)10/h2-5H,1H2,(H2,9,10). The fourth-order valence-electron chi connectivity index (χ4n) is 0.669. The Morgan fingerprint density at radius 3 is 2.20 bits per heavy atom. The first-order chi connectivity index (χ1) is 4.70. The van der Waals surface area contributed by atoms with Crippen LogP contribution in [-0.2, 0) is 0 Å². The van der Waals surface area contributed by atoms with E-state index in [1.165, 1.54) is 0 Å². The van der Waals surface area contributed by atoms with Crippen LogP contribution in [0.4, 0.5) is 0 Å². The molecule has 1 aromatic rings. The van der Waals surface area contributed by atoms with Gasteiger partial charge in [0.2, 0.25) is 0 Å². The van der Waals surface area contributed by atoms with Crippen LogP contribution >= 0.6 is 12.2 Å². The lowest BCUT2D eigenvalue weighted by molar-refractivity contribution is 1.57. The van der Waals surface area contributed by atoms with E-state index < -0.39 is 0 Å². The highest BCUT2D eigenvalue weighted by atomic mass is 32.1. The largest absolute Gasteiger partial charge is 0.389 e. The Morgan fingerprint density at radius 2 is 1.80 bits per heavy atom. The molecule has 0 aliphatic rings. The van der Waals surface area contributed by atoms with Gasteiger partial charge in [-0.25, -0.2) is 0 Å². The Balaban J connectivity index is 3.00. The highest BCUT2D eigenvalue weighted by Gasteiger charge is 1.92. The van der Waals surface area contributed by atoms with Crippen molar-refractivity contribution in [2.45, 2.75) is 0 Å². The molecule has 0 saturated heterocycles. The summed E-state index contributed by atoms with van der Waals surface area (Å²) in [5.74, 6) is 0. The van der Waals surface area contributed by atoms with E-state index in [1.807, 2.05) is 24.3 Å². The van der Waals surface area contributed by atoms with Crippen molar-refractivity contribution in [3.8, 4) is 0 Å². The van der Waals surface area contributed by atoms with Gasteiger partial charge in [-0.3, -0.25) is 0 Å². The summed E-state index contributed by atoms with van der Waals surface area (Å²) in [6, 6.07) is 7.50. The van der Waals surface area contributed by atoms with E-state index in [0.717, 1.165) is 11.1 Å². The average Bonchev–Trinajstić information content (AvgIpc) is 1.88. The minimum atomic E-state index is 0.431. The monoisotopic (exact) mass is 150 g/mol. The van der Waals surface area contributed by atoms with Gasteiger partial charge in [-0.1, -0.05) is 36.5 Å². The van der Waals surface area contributed by atoms with Crippen molar-refractivity contribution >= 4 is 17.2 Å². The average molecular weight is 150 g/mol. The molecule has 1 nitrogen and oxygen atoms in total. The Bertz CT molecular complexity index is 238. The van der Waals surface area contributed by atoms with Crippen LogP contribution < -0.4 is 5.73 Å². The van der Waals surface area contributed by atoms with Gasteiger partial charge in [0.05, 0.1) is 0 Å². The first-order valence-electron chi connectivity index (χ1n) is 2.92. The van der Waals surface area contributed by atoms with Crippen LogP contribution in [-0.4, -0.2) is 4.99 Å². The molecule has 0 aromatic heterocycles. The second-order valence-corrected chi connectivity index (χ2v) is 2.50. The van der Waals surface area contributed by atoms with Crippen LogP contribution in [0.25, 0.3) is 0 Å². The summed E-state index contributed by atoms with van der Waals surface area (Å²) in [4.78, 5) is 0.431. The Morgan fingerprint density at radius 1 is 1.30 bits per heavy atom. The first kappa shape index (κ1) is 7.22. The summed E-state index contributed by atoms with van der Waals surface area (Å²) in [5, 5.41) is 0. The van der Waals surface area contributed by atoms with Gasteiger partial charge in [0, 0.05) is 5.56 Å². The minimum Gasteiger partial charge on any atom is -0.389 e. The van der Waals surface area contributed by atoms with Crippen LogP contribution in [0.15, 0.2) is 24.3 Å². The predicted octanol–water partition coefficient (Wildman–Crippen LogP) is 1.50. The maximum atomic E-state index is 5.37. The first-order valence-corrected chi connectivity index (χ1v) is 3.33. The third-order valence-electron chi connectivity index (χ3n) is 1.24. The van der Waals surface area contributed by atoms with Crippen molar-refractivity contribution in [2.75, 3.05) is 0 Å². The second kappa shape index (κ2) is 2.80. The van der Waals surface area contributed by atoms with E-state index in [1.54, 1.807) is 0 Å². The zero-order valence-corrected chi connectivity index (χ0v) is 6.32. The van der Waals surface area contributed by atoms with Gasteiger partial charge >= 0.3 is 0 Å². The summed E-state index contributed by atoms with van der Waals surface area (Å²) >= 11 is 4.76. The second-order valence-electron chi connectivity index (χ2n) is 2.06. The van der Waals surface area contributed by atoms with E-state index in [4.69, 9.17) is 18.0 Å². The lowest BCUT2D eigenvalue weighted by atomic mass is 10.1. The van der Waals surface area contributed by atoms with Crippen molar-refractivity contribution in [3.63, 3.8) is 0 Å². The molecule has 2 heteroatoms. The van der Waals surface area contributed by atoms with Crippen LogP contribution in [0.3, 0.4) is 0 Å². The lowest BCUT2D eigenvalue weighted by Gasteiger charge is -1.96. The topological polar surface area (TPSA) is 26.0 Å². The zero-order chi connectivity index (χ0) is 7.56. The van der Waals surface area contributed by atoms with E-state index in [9.17, 15) is 0 Å². The lowest BCUT2D eigenvalue weighted by Crippen LogP contribution is -2.08. The van der Waals surface area contributed by atoms with E-state index in [-0.39, 0.29) is 0 Å². The van der Waals surface area contributed by atoms with Crippen LogP contribution in [0.5, 0.6) is 0 Å². The van der Waals surface area contributed by atoms with Crippen molar-refractivity contribution < 1.29 is 0 Å². The Hall–Kier alpha value is -0.890. The number of hydrogen-bond donors (Lipinski definition) is 1. The molecule has 1 aromatic carbocycles. The molecule has 0 unspecified atom stereocenters. The number of hydrogen-bond acceptors (Lipinski definition) is 1. The quantitative estimate of drug-likeness (QED) is 0.614. The van der Waals surface area contributed by atoms with Crippen LogP contribution in [0, 0.1) is 6.92 Å². The summed E-state index contributed by atoms with van der Waals surface area (Å²) in [6.45, 7) is 3.74. The molecule has 51 valence electrons. The number of nitrogens with two attached hydrogens (primary N) is 1. The highest BCUT2D eigenvalue weighted by Crippen LogP contribution is 2.01. The van der Waals surface area contributed by atoms with E-state index in [0.29, 0.717) is 4.99 Å². The van der Waals surface area contributed by atoms with Crippen molar-refractivity contribution in [3.05, 3.63) is 42.3 Å². The van der Waals surface area contributed by atoms with E-state index in [2.05, 4.69) is 6.92 Å². The molecule has 0 spiro atoms. The third-order valence-corrected chi connectivity index (χ3v) is 1.47. The van der Waals surface area contributed by atoms with Crippen molar-refractivity contribution in [1.29, 1.82) is 0 Å². The molecule has 0 atom stereocenters. The molecule has 1 rings (SSSR count). The maximum Gasteiger partial charge on any atom is 0.103 e. The summed E-state index contributed by atoms with van der Waals surface area (Å²) in [5.41, 5.74) is 7.24. The molecule has 0 heterocycles. The van der Waals surface area contributed by atoms with Crippen molar-refractivity contribution in [2.24, 2.45) is 5.73 Å². The maximum absolute atomic E-state index is 5.37. The third kappa shape index (κ3) is 1.54. The fraction of sp³-hybridized carbons (Fsp3) is 0. The molecule has 0 amide bonds. The molecule has 0 saturated carbocycles. The number of thiocarbonyl (C=S) groups is 1. The van der Waals surface area contributed by atoms with Gasteiger partial charge in [0.1, 0.15) is 4.99 Å². The molecule has 2 N–H and O–H groups in total. The smallest absolute Gasteiger partial charge is 0.103 e. The van der Waals surface area contributed by atoms with Crippen molar-refractivity contribution in [1.82, 2.24) is 0 Å². The zero-order valence-electron chi connectivity index (χ0n) is 5.50. The molecular weight excluding hydrogens is 142 g/mol. The van der Waals surface area contributed by atoms with E-state index >= 15 is 0 Å². The van der Waals surface area contributed by atoms with Gasteiger partial charge in [0.15, 0.2) is 0 Å². The van der Waals surface area contributed by atoms with Gasteiger partial charge in [-0.2, -0.15) is 0 Å². The highest BCUT2D eigenvalue weighted by molar-refractivity contribution is 7.80. The normalized spacial score (nSPS) is 9.30. The molecule has 0 aliphatic carbocycles. The number of rotatable bonds is 1. The van der Waals surface area contributed by atoms with Gasteiger partial charge in [0.25, 0.3) is 0 Å². The van der Waals surface area contributed by atoms with Gasteiger partial charge < -0.3 is 5.73 Å². The molecule has 1 radical (unpaired) electrons. The minimum absolute atomic E-state index is 0.431.